The second kappa shape index (κ2) is 15.3. The molecule has 2 aliphatic carbocycles. The molecule has 9 nitrogen and oxygen atoms in total. The van der Waals surface area contributed by atoms with Crippen LogP contribution in [-0.4, -0.2) is 48.0 Å². The first kappa shape index (κ1) is 34.8. The number of aliphatic hydroxyl groups excluding tert-OH is 1. The molecular formula is C43H41NO8. The molecule has 52 heavy (non-hydrogen) atoms. The Morgan fingerprint density at radius 1 is 0.808 bits per heavy atom. The number of hydrogen-bond donors (Lipinski definition) is 3. The normalized spacial score (nSPS) is 19.5. The van der Waals surface area contributed by atoms with Crippen molar-refractivity contribution in [2.75, 3.05) is 13.7 Å². The van der Waals surface area contributed by atoms with Gasteiger partial charge in [-0.3, -0.25) is 4.79 Å². The Balaban J connectivity index is 1.31. The summed E-state index contributed by atoms with van der Waals surface area (Å²) in [5.41, 5.74) is 4.43. The van der Waals surface area contributed by atoms with Crippen molar-refractivity contribution in [2.24, 2.45) is 11.8 Å². The van der Waals surface area contributed by atoms with Crippen LogP contribution >= 0.6 is 0 Å². The fourth-order valence-electron chi connectivity index (χ4n) is 7.57. The Morgan fingerprint density at radius 2 is 1.42 bits per heavy atom. The molecule has 0 aliphatic heterocycles. The molecule has 1 saturated carbocycles. The van der Waals surface area contributed by atoms with E-state index >= 15 is 0 Å². The number of methoxy groups -OCH3 is 1. The lowest BCUT2D eigenvalue weighted by Crippen LogP contribution is -2.60. The second-order valence-electron chi connectivity index (χ2n) is 13.2. The molecule has 266 valence electrons. The van der Waals surface area contributed by atoms with E-state index in [-0.39, 0.29) is 61.3 Å². The van der Waals surface area contributed by atoms with Gasteiger partial charge in [-0.15, -0.1) is 0 Å². The van der Waals surface area contributed by atoms with Gasteiger partial charge in [0.05, 0.1) is 55.9 Å². The Hall–Kier alpha value is -5.64. The van der Waals surface area contributed by atoms with Crippen LogP contribution in [0.25, 0.3) is 16.5 Å². The zero-order chi connectivity index (χ0) is 36.2. The highest BCUT2D eigenvalue weighted by Gasteiger charge is 2.52. The molecule has 0 bridgehead atoms. The monoisotopic (exact) mass is 699 g/mol. The van der Waals surface area contributed by atoms with Crippen molar-refractivity contribution >= 4 is 28.4 Å². The van der Waals surface area contributed by atoms with Gasteiger partial charge in [-0.25, -0.2) is 4.79 Å². The number of aromatic hydroxyl groups is 1. The van der Waals surface area contributed by atoms with Crippen molar-refractivity contribution in [2.45, 2.75) is 45.3 Å². The highest BCUT2D eigenvalue weighted by atomic mass is 16.5. The molecule has 1 amide bonds. The van der Waals surface area contributed by atoms with Gasteiger partial charge in [0, 0.05) is 11.5 Å². The number of carbonyl (C=O) groups is 2. The second-order valence-corrected chi connectivity index (χ2v) is 13.2. The summed E-state index contributed by atoms with van der Waals surface area (Å²) >= 11 is 0. The Kier molecular flexibility index (Phi) is 10.2. The summed E-state index contributed by atoms with van der Waals surface area (Å²) < 4.78 is 24.1. The molecule has 0 saturated heterocycles. The van der Waals surface area contributed by atoms with Gasteiger partial charge in [0.25, 0.3) is 0 Å². The van der Waals surface area contributed by atoms with Crippen LogP contribution < -0.4 is 10.1 Å². The van der Waals surface area contributed by atoms with Crippen molar-refractivity contribution in [3.05, 3.63) is 148 Å². The molecular weight excluding hydrogens is 658 g/mol. The minimum absolute atomic E-state index is 0.0414. The molecule has 0 radical (unpaired) electrons. The van der Waals surface area contributed by atoms with Gasteiger partial charge in [-0.2, -0.15) is 0 Å². The van der Waals surface area contributed by atoms with Crippen LogP contribution in [0.15, 0.2) is 115 Å². The summed E-state index contributed by atoms with van der Waals surface area (Å²) in [7, 11) is 1.52. The number of phenols is 1. The predicted molar refractivity (Wildman–Crippen MR) is 197 cm³/mol. The largest absolute Gasteiger partial charge is 0.507 e. The third-order valence-corrected chi connectivity index (χ3v) is 10.1. The van der Waals surface area contributed by atoms with Gasteiger partial charge in [0.2, 0.25) is 0 Å². The fourth-order valence-corrected chi connectivity index (χ4v) is 7.57. The minimum atomic E-state index is -0.917. The van der Waals surface area contributed by atoms with Crippen molar-refractivity contribution in [3.8, 4) is 11.5 Å². The lowest BCUT2D eigenvalue weighted by molar-refractivity contribution is -0.137. The number of amides is 1. The number of aryl methyl sites for hydroxylation is 1. The number of nitrogens with one attached hydrogen (secondary N) is 1. The Labute approximate surface area is 302 Å². The lowest BCUT2D eigenvalue weighted by Gasteiger charge is -2.45. The number of ketones is 1. The average molecular weight is 700 g/mol. The molecule has 0 aromatic heterocycles. The molecule has 0 spiro atoms. The number of benzene rings is 5. The molecule has 5 aromatic rings. The van der Waals surface area contributed by atoms with E-state index in [1.165, 1.54) is 7.11 Å². The summed E-state index contributed by atoms with van der Waals surface area (Å²) in [6.45, 7) is 2.33. The zero-order valence-corrected chi connectivity index (χ0v) is 29.1. The first-order valence-electron chi connectivity index (χ1n) is 17.4. The maximum Gasteiger partial charge on any atom is 0.407 e. The van der Waals surface area contributed by atoms with E-state index in [1.807, 2.05) is 110 Å². The average Bonchev–Trinajstić information content (AvgIpc) is 3.18. The highest BCUT2D eigenvalue weighted by molar-refractivity contribution is 6.09. The number of rotatable bonds is 11. The molecule has 2 aliphatic rings. The van der Waals surface area contributed by atoms with E-state index in [0.29, 0.717) is 16.7 Å². The maximum atomic E-state index is 14.7. The third kappa shape index (κ3) is 6.85. The van der Waals surface area contributed by atoms with Crippen molar-refractivity contribution in [3.63, 3.8) is 0 Å². The molecule has 9 heteroatoms. The summed E-state index contributed by atoms with van der Waals surface area (Å²) in [6.07, 6.45) is -1.31. The first-order chi connectivity index (χ1) is 25.4. The van der Waals surface area contributed by atoms with Crippen LogP contribution in [0.3, 0.4) is 0 Å². The van der Waals surface area contributed by atoms with Crippen molar-refractivity contribution < 1.29 is 38.7 Å². The molecule has 3 N–H and O–H groups in total. The van der Waals surface area contributed by atoms with Gasteiger partial charge in [-0.1, -0.05) is 103 Å². The maximum absolute atomic E-state index is 14.7. The highest BCUT2D eigenvalue weighted by Crippen LogP contribution is 2.50. The lowest BCUT2D eigenvalue weighted by atomic mass is 9.65. The Morgan fingerprint density at radius 3 is 2.06 bits per heavy atom. The quantitative estimate of drug-likeness (QED) is 0.129. The third-order valence-electron chi connectivity index (χ3n) is 10.1. The number of hydrogen-bond acceptors (Lipinski definition) is 8. The number of aliphatic hydroxyl groups is 1. The molecule has 4 atom stereocenters. The predicted octanol–water partition coefficient (Wildman–Crippen LogP) is 7.60. The zero-order valence-electron chi connectivity index (χ0n) is 29.1. The molecule has 1 fully saturated rings. The van der Waals surface area contributed by atoms with E-state index in [1.54, 1.807) is 6.07 Å². The van der Waals surface area contributed by atoms with Crippen LogP contribution in [-0.2, 0) is 45.2 Å². The number of carbonyl (C=O) groups excluding carboxylic acids is 2. The first-order valence-corrected chi connectivity index (χ1v) is 17.4. The number of alkyl carbamates (subject to hydrolysis) is 1. The van der Waals surface area contributed by atoms with Gasteiger partial charge < -0.3 is 34.5 Å². The topological polar surface area (TPSA) is 124 Å². The molecule has 5 aromatic carbocycles. The van der Waals surface area contributed by atoms with Crippen LogP contribution in [0.2, 0.25) is 0 Å². The van der Waals surface area contributed by atoms with Crippen LogP contribution in [0.1, 0.15) is 33.4 Å². The summed E-state index contributed by atoms with van der Waals surface area (Å²) in [4.78, 5) is 28.4. The van der Waals surface area contributed by atoms with E-state index < -0.39 is 30.1 Å². The Bertz CT molecular complexity index is 2100. The van der Waals surface area contributed by atoms with Crippen LogP contribution in [0, 0.1) is 18.8 Å². The smallest absolute Gasteiger partial charge is 0.407 e. The molecule has 0 unspecified atom stereocenters. The van der Waals surface area contributed by atoms with E-state index in [4.69, 9.17) is 18.9 Å². The van der Waals surface area contributed by atoms with Crippen molar-refractivity contribution in [1.82, 2.24) is 5.32 Å². The summed E-state index contributed by atoms with van der Waals surface area (Å²) in [5, 5.41) is 28.1. The van der Waals surface area contributed by atoms with E-state index in [9.17, 15) is 19.8 Å². The van der Waals surface area contributed by atoms with Crippen molar-refractivity contribution in [1.29, 1.82) is 0 Å². The van der Waals surface area contributed by atoms with Gasteiger partial charge in [0.15, 0.2) is 5.78 Å². The van der Waals surface area contributed by atoms with Gasteiger partial charge in [-0.05, 0) is 52.6 Å². The van der Waals surface area contributed by atoms with Crippen LogP contribution in [0.4, 0.5) is 4.79 Å². The van der Waals surface area contributed by atoms with E-state index in [0.717, 1.165) is 27.6 Å². The fraction of sp³-hybridized carbons (Fsp3) is 0.256. The number of Topliss-reactive ketones (excluding diaryl/α,β-unsaturated/α-hetero) is 1. The van der Waals surface area contributed by atoms with E-state index in [2.05, 4.69) is 5.32 Å². The van der Waals surface area contributed by atoms with Gasteiger partial charge >= 0.3 is 6.09 Å². The molecule has 0 heterocycles. The van der Waals surface area contributed by atoms with Crippen LogP contribution in [0.5, 0.6) is 11.5 Å². The molecule has 7 rings (SSSR count). The number of fused-ring (bicyclic) bond motifs is 3. The summed E-state index contributed by atoms with van der Waals surface area (Å²) in [6, 6.07) is 33.2. The number of ether oxygens (including phenoxy) is 4. The minimum Gasteiger partial charge on any atom is -0.507 e. The standard InChI is InChI=1S/C43H41NO8/c1-26-30-19-12-20-34(49-2)35(30)40(46)36-31(26)21-32-37(41(36)47)39(45)33(25-50-22-27-13-6-3-7-14-27)42(51-23-28-15-8-4-9-16-28)38(32)44-43(48)52-24-29-17-10-5-11-18-29/h3-20,32-33,38,42,46-47H,21-25H2,1-2H3,(H,44,48)/t32-,33-,38+,42+/m1/s1. The SMILES string of the molecule is COc1cccc2c(C)c3c(c(O)c12)C(O)=C1C(=O)[C@@H](COCc2ccccc2)[C@H](OCc2ccccc2)[C@@H](NC(=O)OCc2ccccc2)[C@@H]1C3. The van der Waals surface area contributed by atoms with Gasteiger partial charge in [0.1, 0.15) is 23.9 Å². The number of phenolic OH excluding ortho intramolecular Hbond substituents is 1. The summed E-state index contributed by atoms with van der Waals surface area (Å²) in [5.74, 6) is -2.05.